The molecule has 0 saturated carbocycles. The van der Waals surface area contributed by atoms with Crippen molar-refractivity contribution in [2.24, 2.45) is 5.92 Å². The molecule has 0 aromatic heterocycles. The monoisotopic (exact) mass is 136 g/mol. The van der Waals surface area contributed by atoms with Gasteiger partial charge in [-0.15, -0.1) is 6.58 Å². The van der Waals surface area contributed by atoms with Crippen LogP contribution in [0.2, 0.25) is 0 Å². The van der Waals surface area contributed by atoms with Gasteiger partial charge >= 0.3 is 0 Å². The first-order chi connectivity index (χ1) is 4.72. The molecule has 0 heterocycles. The third-order valence-corrected chi connectivity index (χ3v) is 1.61. The van der Waals surface area contributed by atoms with Crippen LogP contribution in [-0.4, -0.2) is 0 Å². The van der Waals surface area contributed by atoms with Crippen molar-refractivity contribution < 1.29 is 0 Å². The Morgan fingerprint density at radius 2 is 2.20 bits per heavy atom. The topological polar surface area (TPSA) is 0 Å². The zero-order valence-electron chi connectivity index (χ0n) is 6.93. The molecule has 0 rings (SSSR count). The van der Waals surface area contributed by atoms with Crippen molar-refractivity contribution in [3.63, 3.8) is 0 Å². The van der Waals surface area contributed by atoms with E-state index in [4.69, 9.17) is 0 Å². The molecule has 0 aliphatic carbocycles. The summed E-state index contributed by atoms with van der Waals surface area (Å²) in [5, 5.41) is 0. The second-order valence-corrected chi connectivity index (χ2v) is 2.46. The molecular formula is C10H16. The third kappa shape index (κ3) is 3.29. The highest BCUT2D eigenvalue weighted by Crippen LogP contribution is 2.12. The summed E-state index contributed by atoms with van der Waals surface area (Å²) in [4.78, 5) is 0. The first-order valence-electron chi connectivity index (χ1n) is 3.63. The Bertz CT molecular complexity index is 140. The molecule has 0 radical (unpaired) electrons. The van der Waals surface area contributed by atoms with Crippen LogP contribution in [0.25, 0.3) is 0 Å². The lowest BCUT2D eigenvalue weighted by atomic mass is 10.0. The third-order valence-electron chi connectivity index (χ3n) is 1.61. The minimum atomic E-state index is 0.441. The molecule has 1 atom stereocenters. The van der Waals surface area contributed by atoms with Crippen molar-refractivity contribution in [1.82, 2.24) is 0 Å². The predicted octanol–water partition coefficient (Wildman–Crippen LogP) is 3.33. The van der Waals surface area contributed by atoms with E-state index in [9.17, 15) is 0 Å². The van der Waals surface area contributed by atoms with Gasteiger partial charge in [-0.05, 0) is 19.3 Å². The van der Waals surface area contributed by atoms with Crippen molar-refractivity contribution in [2.75, 3.05) is 0 Å². The van der Waals surface area contributed by atoms with Crippen molar-refractivity contribution in [3.8, 4) is 0 Å². The molecule has 56 valence electrons. The largest absolute Gasteiger partial charge is 0.102 e. The van der Waals surface area contributed by atoms with E-state index < -0.39 is 0 Å². The summed E-state index contributed by atoms with van der Waals surface area (Å²) in [7, 11) is 0. The van der Waals surface area contributed by atoms with Gasteiger partial charge in [0.25, 0.3) is 0 Å². The van der Waals surface area contributed by atoms with Gasteiger partial charge < -0.3 is 0 Å². The molecule has 0 heteroatoms. The molecule has 0 aliphatic heterocycles. The molecule has 0 aromatic carbocycles. The number of hydrogen-bond acceptors (Lipinski definition) is 0. The highest BCUT2D eigenvalue weighted by molar-refractivity contribution is 5.09. The lowest BCUT2D eigenvalue weighted by Gasteiger charge is -2.05. The maximum absolute atomic E-state index is 3.94. The van der Waals surface area contributed by atoms with Crippen molar-refractivity contribution in [2.45, 2.75) is 20.3 Å². The summed E-state index contributed by atoms with van der Waals surface area (Å²) in [6.45, 7) is 11.8. The fraction of sp³-hybridized carbons (Fsp3) is 0.400. The van der Waals surface area contributed by atoms with Crippen LogP contribution in [0.15, 0.2) is 37.0 Å². The van der Waals surface area contributed by atoms with Crippen molar-refractivity contribution >= 4 is 0 Å². The Hall–Kier alpha value is -0.780. The Balaban J connectivity index is 3.72. The van der Waals surface area contributed by atoms with Crippen LogP contribution in [0.4, 0.5) is 0 Å². The number of hydrogen-bond donors (Lipinski definition) is 0. The molecule has 1 unspecified atom stereocenters. The molecule has 0 amide bonds. The lowest BCUT2D eigenvalue weighted by Crippen LogP contribution is -1.91. The SMILES string of the molecule is C=CC(C)C(=C)CC=CC. The molecule has 0 aromatic rings. The van der Waals surface area contributed by atoms with Gasteiger partial charge in [0.1, 0.15) is 0 Å². The summed E-state index contributed by atoms with van der Waals surface area (Å²) in [6.07, 6.45) is 7.05. The normalized spacial score (nSPS) is 13.4. The van der Waals surface area contributed by atoms with E-state index in [-0.39, 0.29) is 0 Å². The summed E-state index contributed by atoms with van der Waals surface area (Å²) in [5.41, 5.74) is 1.23. The van der Waals surface area contributed by atoms with Crippen LogP contribution in [0.5, 0.6) is 0 Å². The van der Waals surface area contributed by atoms with Gasteiger partial charge in [-0.3, -0.25) is 0 Å². The standard InChI is InChI=1S/C10H16/c1-5-7-8-10(4)9(3)6-2/h5-7,9H,2,4,8H2,1,3H3. The fourth-order valence-corrected chi connectivity index (χ4v) is 0.622. The second-order valence-electron chi connectivity index (χ2n) is 2.46. The molecule has 10 heavy (non-hydrogen) atoms. The first kappa shape index (κ1) is 9.22. The van der Waals surface area contributed by atoms with E-state index in [0.29, 0.717) is 5.92 Å². The van der Waals surface area contributed by atoms with E-state index in [0.717, 1.165) is 6.42 Å². The van der Waals surface area contributed by atoms with Crippen molar-refractivity contribution in [1.29, 1.82) is 0 Å². The minimum absolute atomic E-state index is 0.441. The Morgan fingerprint density at radius 1 is 1.60 bits per heavy atom. The minimum Gasteiger partial charge on any atom is -0.102 e. The molecule has 0 fully saturated rings. The summed E-state index contributed by atoms with van der Waals surface area (Å²) < 4.78 is 0. The number of rotatable bonds is 4. The Morgan fingerprint density at radius 3 is 2.60 bits per heavy atom. The molecular weight excluding hydrogens is 120 g/mol. The molecule has 0 saturated heterocycles. The van der Waals surface area contributed by atoms with E-state index in [2.05, 4.69) is 26.2 Å². The van der Waals surface area contributed by atoms with Crippen LogP contribution in [0, 0.1) is 5.92 Å². The van der Waals surface area contributed by atoms with Crippen LogP contribution in [0.3, 0.4) is 0 Å². The average molecular weight is 136 g/mol. The van der Waals surface area contributed by atoms with Gasteiger partial charge in [0.2, 0.25) is 0 Å². The van der Waals surface area contributed by atoms with Crippen LogP contribution in [0.1, 0.15) is 20.3 Å². The van der Waals surface area contributed by atoms with E-state index in [1.165, 1.54) is 5.57 Å². The Labute approximate surface area is 64.0 Å². The summed E-state index contributed by atoms with van der Waals surface area (Å²) in [5.74, 6) is 0.441. The first-order valence-corrected chi connectivity index (χ1v) is 3.63. The van der Waals surface area contributed by atoms with E-state index >= 15 is 0 Å². The quantitative estimate of drug-likeness (QED) is 0.520. The summed E-state index contributed by atoms with van der Waals surface area (Å²) in [6, 6.07) is 0. The second kappa shape index (κ2) is 5.04. The average Bonchev–Trinajstić information content (AvgIpc) is 1.98. The van der Waals surface area contributed by atoms with E-state index in [1.807, 2.05) is 19.1 Å². The van der Waals surface area contributed by atoms with Crippen molar-refractivity contribution in [3.05, 3.63) is 37.0 Å². The van der Waals surface area contributed by atoms with Gasteiger partial charge in [-0.1, -0.05) is 37.3 Å². The van der Waals surface area contributed by atoms with Crippen LogP contribution >= 0.6 is 0 Å². The zero-order valence-corrected chi connectivity index (χ0v) is 6.93. The van der Waals surface area contributed by atoms with Gasteiger partial charge in [0, 0.05) is 0 Å². The lowest BCUT2D eigenvalue weighted by molar-refractivity contribution is 0.839. The highest BCUT2D eigenvalue weighted by atomic mass is 14.0. The van der Waals surface area contributed by atoms with Gasteiger partial charge in [-0.25, -0.2) is 0 Å². The number of allylic oxidation sites excluding steroid dienone is 4. The maximum Gasteiger partial charge on any atom is -0.00539 e. The highest BCUT2D eigenvalue weighted by Gasteiger charge is 1.97. The maximum atomic E-state index is 3.94. The van der Waals surface area contributed by atoms with Gasteiger partial charge in [0.15, 0.2) is 0 Å². The van der Waals surface area contributed by atoms with Gasteiger partial charge in [0.05, 0.1) is 0 Å². The molecule has 0 spiro atoms. The van der Waals surface area contributed by atoms with Crippen LogP contribution < -0.4 is 0 Å². The fourth-order valence-electron chi connectivity index (χ4n) is 0.622. The smallest absolute Gasteiger partial charge is 0.00539 e. The van der Waals surface area contributed by atoms with Gasteiger partial charge in [-0.2, -0.15) is 0 Å². The predicted molar refractivity (Wildman–Crippen MR) is 47.9 cm³/mol. The van der Waals surface area contributed by atoms with E-state index in [1.54, 1.807) is 0 Å². The molecule has 0 N–H and O–H groups in total. The zero-order chi connectivity index (χ0) is 7.98. The molecule has 0 bridgehead atoms. The molecule has 0 aliphatic rings. The Kier molecular flexibility index (Phi) is 4.65. The van der Waals surface area contributed by atoms with Crippen LogP contribution in [-0.2, 0) is 0 Å². The summed E-state index contributed by atoms with van der Waals surface area (Å²) >= 11 is 0. The molecule has 0 nitrogen and oxygen atoms in total.